The molecule has 1 aromatic rings. The van der Waals surface area contributed by atoms with E-state index in [4.69, 9.17) is 29.6 Å². The smallest absolute Gasteiger partial charge is 0.105 e. The van der Waals surface area contributed by atoms with Gasteiger partial charge in [-0.1, -0.05) is 30.7 Å². The minimum absolute atomic E-state index is 0.351. The van der Waals surface area contributed by atoms with Gasteiger partial charge in [0.05, 0.1) is 5.02 Å². The van der Waals surface area contributed by atoms with Crippen molar-refractivity contribution in [3.05, 3.63) is 28.8 Å². The Morgan fingerprint density at radius 2 is 2.35 bits per heavy atom. The van der Waals surface area contributed by atoms with Crippen molar-refractivity contribution in [3.8, 4) is 0 Å². The first-order valence-electron chi connectivity index (χ1n) is 5.54. The van der Waals surface area contributed by atoms with E-state index in [2.05, 4.69) is 11.8 Å². The summed E-state index contributed by atoms with van der Waals surface area (Å²) in [6.45, 7) is 4.38. The molecule has 2 nitrogen and oxygen atoms in total. The first kappa shape index (κ1) is 13.0. The van der Waals surface area contributed by atoms with Crippen LogP contribution in [-0.2, 0) is 0 Å². The van der Waals surface area contributed by atoms with Crippen LogP contribution in [-0.4, -0.2) is 29.1 Å². The Bertz CT molecular complexity index is 437. The van der Waals surface area contributed by atoms with Crippen LogP contribution < -0.4 is 10.6 Å². The summed E-state index contributed by atoms with van der Waals surface area (Å²) in [6.07, 6.45) is 0. The topological polar surface area (TPSA) is 29.3 Å². The molecule has 0 spiro atoms. The predicted octanol–water partition coefficient (Wildman–Crippen LogP) is 2.92. The summed E-state index contributed by atoms with van der Waals surface area (Å²) in [5.74, 6) is 1.16. The standard InChI is InChI=1S/C12H15ClN2S2/c1-8-7-15(4-5-17-8)9-2-3-10(12(14)16)11(13)6-9/h2-3,6,8H,4-5,7H2,1H3,(H2,14,16). The van der Waals surface area contributed by atoms with Gasteiger partial charge in [-0.2, -0.15) is 11.8 Å². The normalized spacial score (nSPS) is 20.4. The highest BCUT2D eigenvalue weighted by Crippen LogP contribution is 2.27. The molecule has 1 aliphatic rings. The van der Waals surface area contributed by atoms with Crippen LogP contribution in [0, 0.1) is 0 Å². The molecule has 0 amide bonds. The molecule has 1 aliphatic heterocycles. The van der Waals surface area contributed by atoms with Gasteiger partial charge >= 0.3 is 0 Å². The fourth-order valence-electron chi connectivity index (χ4n) is 1.95. The molecule has 0 aromatic heterocycles. The molecule has 0 saturated carbocycles. The van der Waals surface area contributed by atoms with Gasteiger partial charge in [0.1, 0.15) is 4.99 Å². The van der Waals surface area contributed by atoms with Crippen molar-refractivity contribution in [3.63, 3.8) is 0 Å². The monoisotopic (exact) mass is 286 g/mol. The Hall–Kier alpha value is -0.450. The summed E-state index contributed by atoms with van der Waals surface area (Å²) in [5, 5.41) is 1.30. The van der Waals surface area contributed by atoms with Gasteiger partial charge in [-0.3, -0.25) is 0 Å². The van der Waals surface area contributed by atoms with Crippen molar-refractivity contribution in [2.45, 2.75) is 12.2 Å². The Labute approximate surface area is 117 Å². The molecule has 1 saturated heterocycles. The molecule has 1 unspecified atom stereocenters. The van der Waals surface area contributed by atoms with E-state index in [1.807, 2.05) is 30.0 Å². The summed E-state index contributed by atoms with van der Waals surface area (Å²) in [5.41, 5.74) is 7.50. The van der Waals surface area contributed by atoms with Crippen LogP contribution in [0.15, 0.2) is 18.2 Å². The molecular formula is C12H15ClN2S2. The highest BCUT2D eigenvalue weighted by atomic mass is 35.5. The number of benzene rings is 1. The summed E-state index contributed by atoms with van der Waals surface area (Å²) < 4.78 is 0. The van der Waals surface area contributed by atoms with E-state index in [-0.39, 0.29) is 0 Å². The molecule has 92 valence electrons. The van der Waals surface area contributed by atoms with Gasteiger partial charge < -0.3 is 10.6 Å². The number of hydrogen-bond acceptors (Lipinski definition) is 3. The first-order chi connectivity index (χ1) is 8.08. The third-order valence-corrected chi connectivity index (χ3v) is 4.49. The van der Waals surface area contributed by atoms with Crippen LogP contribution in [0.4, 0.5) is 5.69 Å². The summed E-state index contributed by atoms with van der Waals surface area (Å²) >= 11 is 13.1. The Morgan fingerprint density at radius 3 is 2.94 bits per heavy atom. The van der Waals surface area contributed by atoms with Crippen molar-refractivity contribution in [1.82, 2.24) is 0 Å². The van der Waals surface area contributed by atoms with Crippen LogP contribution in [0.25, 0.3) is 0 Å². The molecule has 2 rings (SSSR count). The third kappa shape index (κ3) is 3.06. The second-order valence-electron chi connectivity index (χ2n) is 4.16. The van der Waals surface area contributed by atoms with Gasteiger partial charge in [-0.25, -0.2) is 0 Å². The molecule has 2 N–H and O–H groups in total. The molecule has 1 fully saturated rings. The van der Waals surface area contributed by atoms with Crippen LogP contribution in [0.1, 0.15) is 12.5 Å². The molecule has 1 heterocycles. The van der Waals surface area contributed by atoms with Gasteiger partial charge in [0.2, 0.25) is 0 Å². The van der Waals surface area contributed by atoms with E-state index in [0.717, 1.165) is 30.1 Å². The molecule has 1 atom stereocenters. The molecule has 0 aliphatic carbocycles. The first-order valence-corrected chi connectivity index (χ1v) is 7.37. The lowest BCUT2D eigenvalue weighted by Crippen LogP contribution is -2.36. The number of anilines is 1. The SMILES string of the molecule is CC1CN(c2ccc(C(N)=S)c(Cl)c2)CCS1. The Kier molecular flexibility index (Phi) is 4.17. The lowest BCUT2D eigenvalue weighted by molar-refractivity contribution is 0.783. The zero-order chi connectivity index (χ0) is 12.4. The van der Waals surface area contributed by atoms with Gasteiger partial charge in [-0.15, -0.1) is 0 Å². The maximum atomic E-state index is 6.18. The summed E-state index contributed by atoms with van der Waals surface area (Å²) in [7, 11) is 0. The van der Waals surface area contributed by atoms with Gasteiger partial charge in [0, 0.05) is 35.3 Å². The van der Waals surface area contributed by atoms with Crippen LogP contribution in [0.3, 0.4) is 0 Å². The molecule has 0 radical (unpaired) electrons. The molecule has 0 bridgehead atoms. The molecular weight excluding hydrogens is 272 g/mol. The largest absolute Gasteiger partial charge is 0.389 e. The number of hydrogen-bond donors (Lipinski definition) is 1. The van der Waals surface area contributed by atoms with Gasteiger partial charge in [0.25, 0.3) is 0 Å². The average Bonchev–Trinajstić information content (AvgIpc) is 2.28. The number of nitrogens with two attached hydrogens (primary N) is 1. The maximum Gasteiger partial charge on any atom is 0.105 e. The van der Waals surface area contributed by atoms with E-state index in [9.17, 15) is 0 Å². The van der Waals surface area contributed by atoms with E-state index in [1.165, 1.54) is 0 Å². The molecule has 17 heavy (non-hydrogen) atoms. The van der Waals surface area contributed by atoms with E-state index in [0.29, 0.717) is 15.3 Å². The quantitative estimate of drug-likeness (QED) is 0.847. The third-order valence-electron chi connectivity index (χ3n) is 2.82. The Balaban J connectivity index is 2.22. The van der Waals surface area contributed by atoms with Crippen molar-refractivity contribution in [2.24, 2.45) is 5.73 Å². The second kappa shape index (κ2) is 5.46. The molecule has 1 aromatic carbocycles. The van der Waals surface area contributed by atoms with Crippen molar-refractivity contribution in [2.75, 3.05) is 23.7 Å². The number of thioether (sulfide) groups is 1. The number of halogens is 1. The summed E-state index contributed by atoms with van der Waals surface area (Å²) in [4.78, 5) is 2.71. The number of thiocarbonyl (C=S) groups is 1. The van der Waals surface area contributed by atoms with Crippen molar-refractivity contribution >= 4 is 46.3 Å². The lowest BCUT2D eigenvalue weighted by Gasteiger charge is -2.32. The van der Waals surface area contributed by atoms with Crippen molar-refractivity contribution < 1.29 is 0 Å². The minimum Gasteiger partial charge on any atom is -0.389 e. The van der Waals surface area contributed by atoms with E-state index in [1.54, 1.807) is 0 Å². The van der Waals surface area contributed by atoms with E-state index < -0.39 is 0 Å². The lowest BCUT2D eigenvalue weighted by atomic mass is 10.2. The zero-order valence-corrected chi connectivity index (χ0v) is 12.0. The minimum atomic E-state index is 0.351. The zero-order valence-electron chi connectivity index (χ0n) is 9.65. The molecule has 5 heteroatoms. The fourth-order valence-corrected chi connectivity index (χ4v) is 3.48. The Morgan fingerprint density at radius 1 is 1.59 bits per heavy atom. The van der Waals surface area contributed by atoms with Crippen LogP contribution in [0.5, 0.6) is 0 Å². The van der Waals surface area contributed by atoms with Crippen LogP contribution in [0.2, 0.25) is 5.02 Å². The average molecular weight is 287 g/mol. The maximum absolute atomic E-state index is 6.18. The second-order valence-corrected chi connectivity index (χ2v) is 6.55. The number of nitrogens with zero attached hydrogens (tertiary/aromatic N) is 1. The van der Waals surface area contributed by atoms with Gasteiger partial charge in [-0.05, 0) is 18.2 Å². The van der Waals surface area contributed by atoms with Crippen molar-refractivity contribution in [1.29, 1.82) is 0 Å². The van der Waals surface area contributed by atoms with E-state index >= 15 is 0 Å². The number of rotatable bonds is 2. The highest BCUT2D eigenvalue weighted by Gasteiger charge is 2.17. The highest BCUT2D eigenvalue weighted by molar-refractivity contribution is 8.00. The van der Waals surface area contributed by atoms with Gasteiger partial charge in [0.15, 0.2) is 0 Å². The predicted molar refractivity (Wildman–Crippen MR) is 81.5 cm³/mol. The van der Waals surface area contributed by atoms with Crippen LogP contribution >= 0.6 is 35.6 Å². The summed E-state index contributed by atoms with van der Waals surface area (Å²) in [6, 6.07) is 5.91. The fraction of sp³-hybridized carbons (Fsp3) is 0.417.